The maximum absolute atomic E-state index is 13.8. The summed E-state index contributed by atoms with van der Waals surface area (Å²) in [5.74, 6) is 0.0658. The highest BCUT2D eigenvalue weighted by Crippen LogP contribution is 2.21. The van der Waals surface area contributed by atoms with Gasteiger partial charge >= 0.3 is 0 Å². The standard InChI is InChI=1S/C18H17FN2O2S/c1-12-3-5-13(6-4-12)18-21-15(11-23-18)10-20-14-7-8-17(24(2)22)16(19)9-14/h3-9,11,20H,10H2,1-2H3/t24-/m1/s1. The molecule has 1 aromatic heterocycles. The maximum atomic E-state index is 13.8. The second-order valence-electron chi connectivity index (χ2n) is 5.46. The molecule has 0 unspecified atom stereocenters. The minimum Gasteiger partial charge on any atom is -0.444 e. The van der Waals surface area contributed by atoms with Gasteiger partial charge in [-0.1, -0.05) is 17.7 Å². The molecule has 0 saturated carbocycles. The maximum Gasteiger partial charge on any atom is 0.226 e. The predicted octanol–water partition coefficient (Wildman–Crippen LogP) is 4.14. The van der Waals surface area contributed by atoms with Gasteiger partial charge in [0.25, 0.3) is 0 Å². The lowest BCUT2D eigenvalue weighted by atomic mass is 10.1. The smallest absolute Gasteiger partial charge is 0.226 e. The molecule has 4 nitrogen and oxygen atoms in total. The number of hydrogen-bond donors (Lipinski definition) is 1. The van der Waals surface area contributed by atoms with Crippen molar-refractivity contribution in [3.8, 4) is 11.5 Å². The number of anilines is 1. The first kappa shape index (κ1) is 16.4. The van der Waals surface area contributed by atoms with Gasteiger partial charge in [0.05, 0.1) is 27.9 Å². The zero-order valence-electron chi connectivity index (χ0n) is 13.4. The summed E-state index contributed by atoms with van der Waals surface area (Å²) in [4.78, 5) is 4.62. The molecule has 6 heteroatoms. The Morgan fingerprint density at radius 2 is 1.96 bits per heavy atom. The summed E-state index contributed by atoms with van der Waals surface area (Å²) in [6.07, 6.45) is 3.03. The molecule has 2 aromatic carbocycles. The van der Waals surface area contributed by atoms with Gasteiger partial charge in [-0.05, 0) is 37.3 Å². The van der Waals surface area contributed by atoms with Crippen LogP contribution < -0.4 is 5.32 Å². The first-order valence-electron chi connectivity index (χ1n) is 7.41. The van der Waals surface area contributed by atoms with Crippen LogP contribution in [0.4, 0.5) is 10.1 Å². The Morgan fingerprint density at radius 1 is 1.21 bits per heavy atom. The first-order valence-corrected chi connectivity index (χ1v) is 8.97. The Kier molecular flexibility index (Phi) is 4.76. The number of rotatable bonds is 5. The van der Waals surface area contributed by atoms with E-state index in [0.717, 1.165) is 5.56 Å². The molecular weight excluding hydrogens is 327 g/mol. The van der Waals surface area contributed by atoms with Crippen LogP contribution in [0.3, 0.4) is 0 Å². The molecule has 0 fully saturated rings. The molecule has 1 N–H and O–H groups in total. The zero-order valence-corrected chi connectivity index (χ0v) is 14.2. The molecule has 3 rings (SSSR count). The number of hydrogen-bond acceptors (Lipinski definition) is 4. The van der Waals surface area contributed by atoms with Crippen LogP contribution in [-0.2, 0) is 17.3 Å². The van der Waals surface area contributed by atoms with Gasteiger partial charge in [0, 0.05) is 17.5 Å². The van der Waals surface area contributed by atoms with E-state index < -0.39 is 16.6 Å². The monoisotopic (exact) mass is 344 g/mol. The van der Waals surface area contributed by atoms with E-state index in [2.05, 4.69) is 10.3 Å². The van der Waals surface area contributed by atoms with E-state index in [1.54, 1.807) is 12.3 Å². The third kappa shape index (κ3) is 3.71. The van der Waals surface area contributed by atoms with Crippen molar-refractivity contribution >= 4 is 16.5 Å². The van der Waals surface area contributed by atoms with Crippen molar-refractivity contribution in [2.24, 2.45) is 0 Å². The molecule has 0 bridgehead atoms. The van der Waals surface area contributed by atoms with Crippen molar-refractivity contribution in [3.63, 3.8) is 0 Å². The molecule has 0 aliphatic rings. The van der Waals surface area contributed by atoms with Gasteiger partial charge < -0.3 is 9.73 Å². The molecule has 24 heavy (non-hydrogen) atoms. The number of halogens is 1. The van der Waals surface area contributed by atoms with E-state index in [1.165, 1.54) is 24.0 Å². The lowest BCUT2D eigenvalue weighted by molar-refractivity contribution is 0.573. The van der Waals surface area contributed by atoms with Crippen LogP contribution in [0.15, 0.2) is 58.0 Å². The summed E-state index contributed by atoms with van der Waals surface area (Å²) in [5.41, 5.74) is 3.40. The van der Waals surface area contributed by atoms with Crippen LogP contribution in [-0.4, -0.2) is 15.4 Å². The fraction of sp³-hybridized carbons (Fsp3) is 0.167. The van der Waals surface area contributed by atoms with Crippen LogP contribution in [0, 0.1) is 12.7 Å². The van der Waals surface area contributed by atoms with Crippen molar-refractivity contribution in [2.45, 2.75) is 18.4 Å². The third-order valence-corrected chi connectivity index (χ3v) is 4.52. The Bertz CT molecular complexity index is 875. The summed E-state index contributed by atoms with van der Waals surface area (Å²) < 4.78 is 30.6. The number of nitrogens with zero attached hydrogens (tertiary/aromatic N) is 1. The molecule has 0 radical (unpaired) electrons. The lowest BCUT2D eigenvalue weighted by Crippen LogP contribution is -2.01. The summed E-state index contributed by atoms with van der Waals surface area (Å²) in [5, 5.41) is 3.08. The zero-order chi connectivity index (χ0) is 17.1. The second kappa shape index (κ2) is 6.97. The number of nitrogens with one attached hydrogen (secondary N) is 1. The quantitative estimate of drug-likeness (QED) is 0.756. The van der Waals surface area contributed by atoms with E-state index >= 15 is 0 Å². The molecule has 0 aliphatic heterocycles. The number of oxazole rings is 1. The van der Waals surface area contributed by atoms with Crippen LogP contribution in [0.2, 0.25) is 0 Å². The van der Waals surface area contributed by atoms with E-state index in [0.29, 0.717) is 23.8 Å². The SMILES string of the molecule is Cc1ccc(-c2nc(CNc3ccc([S@@](C)=O)c(F)c3)co2)cc1. The molecular formula is C18H17FN2O2S. The highest BCUT2D eigenvalue weighted by Gasteiger charge is 2.09. The molecule has 3 aromatic rings. The van der Waals surface area contributed by atoms with Crippen LogP contribution in [0.5, 0.6) is 0 Å². The van der Waals surface area contributed by atoms with E-state index in [4.69, 9.17) is 4.42 Å². The van der Waals surface area contributed by atoms with Crippen LogP contribution in [0.25, 0.3) is 11.5 Å². The highest BCUT2D eigenvalue weighted by atomic mass is 32.2. The molecule has 1 atom stereocenters. The van der Waals surface area contributed by atoms with Crippen molar-refractivity contribution < 1.29 is 13.0 Å². The largest absolute Gasteiger partial charge is 0.444 e. The Hall–Kier alpha value is -2.47. The van der Waals surface area contributed by atoms with Crippen molar-refractivity contribution in [1.29, 1.82) is 0 Å². The molecule has 0 aliphatic carbocycles. The van der Waals surface area contributed by atoms with Gasteiger partial charge in [0.15, 0.2) is 0 Å². The van der Waals surface area contributed by atoms with Crippen molar-refractivity contribution in [3.05, 3.63) is 65.8 Å². The molecule has 1 heterocycles. The Morgan fingerprint density at radius 3 is 2.62 bits per heavy atom. The average molecular weight is 344 g/mol. The average Bonchev–Trinajstić information content (AvgIpc) is 3.02. The summed E-state index contributed by atoms with van der Waals surface area (Å²) in [6, 6.07) is 12.5. The number of aromatic nitrogens is 1. The summed E-state index contributed by atoms with van der Waals surface area (Å²) >= 11 is 0. The fourth-order valence-corrected chi connectivity index (χ4v) is 2.85. The Labute approximate surface area is 142 Å². The Balaban J connectivity index is 1.68. The topological polar surface area (TPSA) is 55.1 Å². The van der Waals surface area contributed by atoms with Crippen LogP contribution >= 0.6 is 0 Å². The van der Waals surface area contributed by atoms with Gasteiger partial charge in [-0.25, -0.2) is 9.37 Å². The number of benzene rings is 2. The predicted molar refractivity (Wildman–Crippen MR) is 92.7 cm³/mol. The molecule has 0 spiro atoms. The van der Waals surface area contributed by atoms with Crippen LogP contribution in [0.1, 0.15) is 11.3 Å². The highest BCUT2D eigenvalue weighted by molar-refractivity contribution is 7.84. The second-order valence-corrected chi connectivity index (χ2v) is 6.81. The van der Waals surface area contributed by atoms with Gasteiger partial charge in [-0.2, -0.15) is 0 Å². The van der Waals surface area contributed by atoms with Gasteiger partial charge in [-0.15, -0.1) is 0 Å². The molecule has 0 saturated heterocycles. The van der Waals surface area contributed by atoms with Gasteiger partial charge in [0.2, 0.25) is 5.89 Å². The third-order valence-electron chi connectivity index (χ3n) is 3.57. The number of aryl methyl sites for hydroxylation is 1. The minimum absolute atomic E-state index is 0.198. The van der Waals surface area contributed by atoms with Gasteiger partial charge in [-0.3, -0.25) is 4.21 Å². The van der Waals surface area contributed by atoms with E-state index in [-0.39, 0.29) is 4.90 Å². The van der Waals surface area contributed by atoms with Crippen molar-refractivity contribution in [1.82, 2.24) is 4.98 Å². The molecule has 124 valence electrons. The fourth-order valence-electron chi connectivity index (χ4n) is 2.25. The van der Waals surface area contributed by atoms with Gasteiger partial charge in [0.1, 0.15) is 12.1 Å². The summed E-state index contributed by atoms with van der Waals surface area (Å²) in [7, 11) is -1.34. The minimum atomic E-state index is -1.34. The van der Waals surface area contributed by atoms with E-state index in [1.807, 2.05) is 31.2 Å². The van der Waals surface area contributed by atoms with Crippen molar-refractivity contribution in [2.75, 3.05) is 11.6 Å². The summed E-state index contributed by atoms with van der Waals surface area (Å²) in [6.45, 7) is 2.43. The lowest BCUT2D eigenvalue weighted by Gasteiger charge is -2.06. The first-order chi connectivity index (χ1) is 11.5. The normalized spacial score (nSPS) is 12.1. The molecule has 0 amide bonds. The van der Waals surface area contributed by atoms with E-state index in [9.17, 15) is 8.60 Å².